The van der Waals surface area contributed by atoms with E-state index < -0.39 is 0 Å². The summed E-state index contributed by atoms with van der Waals surface area (Å²) in [6.45, 7) is 0.660. The molecule has 0 fully saturated rings. The van der Waals surface area contributed by atoms with Gasteiger partial charge < -0.3 is 20.9 Å². The van der Waals surface area contributed by atoms with Crippen LogP contribution in [0.5, 0.6) is 11.8 Å². The first-order valence-corrected chi connectivity index (χ1v) is 5.32. The van der Waals surface area contributed by atoms with E-state index in [0.29, 0.717) is 6.61 Å². The smallest absolute Gasteiger partial charge is 0.323 e. The molecular weight excluding hydrogens is 234 g/mol. The van der Waals surface area contributed by atoms with Crippen molar-refractivity contribution in [1.29, 1.82) is 0 Å². The Labute approximate surface area is 104 Å². The molecule has 0 aliphatic heterocycles. The van der Waals surface area contributed by atoms with Gasteiger partial charge in [-0.1, -0.05) is 18.2 Å². The molecule has 7 heteroatoms. The first-order chi connectivity index (χ1) is 8.74. The summed E-state index contributed by atoms with van der Waals surface area (Å²) in [5.41, 5.74) is 10.8. The van der Waals surface area contributed by atoms with Crippen molar-refractivity contribution in [3.05, 3.63) is 30.3 Å². The minimum Gasteiger partial charge on any atom is -0.490 e. The lowest BCUT2D eigenvalue weighted by atomic mass is 10.3. The van der Waals surface area contributed by atoms with E-state index >= 15 is 0 Å². The first-order valence-electron chi connectivity index (χ1n) is 5.32. The molecule has 0 saturated heterocycles. The van der Waals surface area contributed by atoms with Gasteiger partial charge in [0.2, 0.25) is 11.9 Å². The number of aromatic nitrogens is 3. The standard InChI is InChI=1S/C11H13N5O2/c12-9-14-10(13)16-11(15-9)18-7-6-17-8-4-2-1-3-5-8/h1-5H,6-7H2,(H4,12,13,14,15,16). The molecule has 0 radical (unpaired) electrons. The zero-order valence-electron chi connectivity index (χ0n) is 9.61. The van der Waals surface area contributed by atoms with Crippen molar-refractivity contribution in [2.45, 2.75) is 0 Å². The van der Waals surface area contributed by atoms with E-state index in [1.54, 1.807) is 0 Å². The normalized spacial score (nSPS) is 10.0. The van der Waals surface area contributed by atoms with Gasteiger partial charge in [-0.05, 0) is 12.1 Å². The molecule has 18 heavy (non-hydrogen) atoms. The number of hydrogen-bond donors (Lipinski definition) is 2. The van der Waals surface area contributed by atoms with Crippen molar-refractivity contribution in [1.82, 2.24) is 15.0 Å². The minimum absolute atomic E-state index is 0.0291. The molecule has 1 aromatic heterocycles. The molecule has 0 spiro atoms. The Kier molecular flexibility index (Phi) is 3.75. The van der Waals surface area contributed by atoms with Gasteiger partial charge in [0.25, 0.3) is 0 Å². The van der Waals surface area contributed by atoms with Crippen molar-refractivity contribution < 1.29 is 9.47 Å². The Morgan fingerprint density at radius 2 is 1.44 bits per heavy atom. The number of anilines is 2. The van der Waals surface area contributed by atoms with Crippen LogP contribution in [0.3, 0.4) is 0 Å². The lowest BCUT2D eigenvalue weighted by Gasteiger charge is -2.07. The number of ether oxygens (including phenoxy) is 2. The highest BCUT2D eigenvalue weighted by atomic mass is 16.5. The summed E-state index contributed by atoms with van der Waals surface area (Å²) >= 11 is 0. The van der Waals surface area contributed by atoms with E-state index in [-0.39, 0.29) is 24.5 Å². The Hall–Kier alpha value is -2.57. The van der Waals surface area contributed by atoms with Gasteiger partial charge in [-0.2, -0.15) is 15.0 Å². The molecule has 94 valence electrons. The van der Waals surface area contributed by atoms with E-state index in [9.17, 15) is 0 Å². The monoisotopic (exact) mass is 247 g/mol. The molecule has 4 N–H and O–H groups in total. The number of para-hydroxylation sites is 1. The molecule has 0 aliphatic carbocycles. The van der Waals surface area contributed by atoms with Gasteiger partial charge in [0.1, 0.15) is 19.0 Å². The zero-order chi connectivity index (χ0) is 12.8. The summed E-state index contributed by atoms with van der Waals surface area (Å²) in [6.07, 6.45) is 0. The van der Waals surface area contributed by atoms with Gasteiger partial charge >= 0.3 is 6.01 Å². The second-order valence-corrected chi connectivity index (χ2v) is 3.34. The molecule has 7 nitrogen and oxygen atoms in total. The number of nitrogen functional groups attached to an aromatic ring is 2. The van der Waals surface area contributed by atoms with Crippen molar-refractivity contribution in [2.24, 2.45) is 0 Å². The van der Waals surface area contributed by atoms with Crippen LogP contribution in [0.4, 0.5) is 11.9 Å². The van der Waals surface area contributed by atoms with Crippen LogP contribution in [-0.2, 0) is 0 Å². The van der Waals surface area contributed by atoms with Crippen LogP contribution in [-0.4, -0.2) is 28.2 Å². The molecule has 0 unspecified atom stereocenters. The third-order valence-electron chi connectivity index (χ3n) is 1.98. The van der Waals surface area contributed by atoms with E-state index in [2.05, 4.69) is 15.0 Å². The van der Waals surface area contributed by atoms with Gasteiger partial charge in [0.15, 0.2) is 0 Å². The summed E-state index contributed by atoms with van der Waals surface area (Å²) in [4.78, 5) is 11.2. The Balaban J connectivity index is 1.78. The summed E-state index contributed by atoms with van der Waals surface area (Å²) in [5.74, 6) is 0.832. The van der Waals surface area contributed by atoms with Crippen molar-refractivity contribution in [3.63, 3.8) is 0 Å². The molecule has 0 aliphatic rings. The van der Waals surface area contributed by atoms with Crippen LogP contribution in [0.25, 0.3) is 0 Å². The third kappa shape index (κ3) is 3.48. The SMILES string of the molecule is Nc1nc(N)nc(OCCOc2ccccc2)n1. The van der Waals surface area contributed by atoms with Gasteiger partial charge in [0.05, 0.1) is 0 Å². The van der Waals surface area contributed by atoms with Gasteiger partial charge in [-0.15, -0.1) is 0 Å². The molecular formula is C11H13N5O2. The summed E-state index contributed by atoms with van der Waals surface area (Å²) in [6, 6.07) is 9.52. The Morgan fingerprint density at radius 1 is 0.833 bits per heavy atom. The average molecular weight is 247 g/mol. The van der Waals surface area contributed by atoms with Crippen molar-refractivity contribution >= 4 is 11.9 Å². The maximum Gasteiger partial charge on any atom is 0.323 e. The topological polar surface area (TPSA) is 109 Å². The van der Waals surface area contributed by atoms with Crippen molar-refractivity contribution in [3.8, 4) is 11.8 Å². The van der Waals surface area contributed by atoms with Crippen LogP contribution in [0, 0.1) is 0 Å². The number of nitrogens with two attached hydrogens (primary N) is 2. The fraction of sp³-hybridized carbons (Fsp3) is 0.182. The highest BCUT2D eigenvalue weighted by Gasteiger charge is 2.02. The molecule has 1 heterocycles. The van der Waals surface area contributed by atoms with Crippen molar-refractivity contribution in [2.75, 3.05) is 24.7 Å². The van der Waals surface area contributed by atoms with Crippen LogP contribution < -0.4 is 20.9 Å². The van der Waals surface area contributed by atoms with Crippen LogP contribution in [0.15, 0.2) is 30.3 Å². The quantitative estimate of drug-likeness (QED) is 0.740. The minimum atomic E-state index is 0.0291. The van der Waals surface area contributed by atoms with E-state index in [4.69, 9.17) is 20.9 Å². The summed E-state index contributed by atoms with van der Waals surface area (Å²) in [7, 11) is 0. The van der Waals surface area contributed by atoms with Gasteiger partial charge in [-0.3, -0.25) is 0 Å². The fourth-order valence-electron chi connectivity index (χ4n) is 1.26. The van der Waals surface area contributed by atoms with Crippen LogP contribution in [0.2, 0.25) is 0 Å². The highest BCUT2D eigenvalue weighted by molar-refractivity contribution is 5.27. The summed E-state index contributed by atoms with van der Waals surface area (Å²) < 4.78 is 10.7. The molecule has 0 atom stereocenters. The average Bonchev–Trinajstić information content (AvgIpc) is 2.35. The lowest BCUT2D eigenvalue weighted by Crippen LogP contribution is -2.12. The fourth-order valence-corrected chi connectivity index (χ4v) is 1.26. The predicted octanol–water partition coefficient (Wildman–Crippen LogP) is 0.494. The number of hydrogen-bond acceptors (Lipinski definition) is 7. The highest BCUT2D eigenvalue weighted by Crippen LogP contribution is 2.09. The summed E-state index contributed by atoms with van der Waals surface area (Å²) in [5, 5.41) is 0. The molecule has 1 aromatic carbocycles. The zero-order valence-corrected chi connectivity index (χ0v) is 9.61. The van der Waals surface area contributed by atoms with E-state index in [0.717, 1.165) is 5.75 Å². The molecule has 2 rings (SSSR count). The first kappa shape index (κ1) is 11.9. The van der Waals surface area contributed by atoms with E-state index in [1.807, 2.05) is 30.3 Å². The predicted molar refractivity (Wildman–Crippen MR) is 66.1 cm³/mol. The van der Waals surface area contributed by atoms with Gasteiger partial charge in [-0.25, -0.2) is 0 Å². The maximum atomic E-state index is 5.43. The Morgan fingerprint density at radius 3 is 2.11 bits per heavy atom. The van der Waals surface area contributed by atoms with E-state index in [1.165, 1.54) is 0 Å². The van der Waals surface area contributed by atoms with Crippen LogP contribution in [0.1, 0.15) is 0 Å². The number of benzene rings is 1. The maximum absolute atomic E-state index is 5.43. The largest absolute Gasteiger partial charge is 0.490 e. The Bertz CT molecular complexity index is 486. The molecule has 0 bridgehead atoms. The molecule has 2 aromatic rings. The number of nitrogens with zero attached hydrogens (tertiary/aromatic N) is 3. The lowest BCUT2D eigenvalue weighted by molar-refractivity contribution is 0.206. The van der Waals surface area contributed by atoms with Gasteiger partial charge in [0, 0.05) is 0 Å². The molecule has 0 saturated carbocycles. The number of rotatable bonds is 5. The molecule has 0 amide bonds. The second-order valence-electron chi connectivity index (χ2n) is 3.34. The third-order valence-corrected chi connectivity index (χ3v) is 1.98. The van der Waals surface area contributed by atoms with Crippen LogP contribution >= 0.6 is 0 Å². The second kappa shape index (κ2) is 5.67.